The van der Waals surface area contributed by atoms with Crippen molar-refractivity contribution in [2.45, 2.75) is 38.8 Å². The van der Waals surface area contributed by atoms with Crippen LogP contribution in [-0.4, -0.2) is 29.9 Å². The number of carbonyl (C=O) groups is 1. The first-order chi connectivity index (χ1) is 10.7. The average Bonchev–Trinajstić information content (AvgIpc) is 3.20. The number of nitrogens with one attached hydrogen (secondary N) is 1. The predicted molar refractivity (Wildman–Crippen MR) is 93.9 cm³/mol. The maximum atomic E-state index is 12.5. The van der Waals surface area contributed by atoms with Gasteiger partial charge in [-0.2, -0.15) is 0 Å². The van der Waals surface area contributed by atoms with E-state index in [1.807, 2.05) is 18.4 Å². The van der Waals surface area contributed by atoms with Gasteiger partial charge in [-0.05, 0) is 68.2 Å². The summed E-state index contributed by atoms with van der Waals surface area (Å²) in [6, 6.07) is 6.67. The Morgan fingerprint density at radius 3 is 2.59 bits per heavy atom. The minimum Gasteiger partial charge on any atom is -0.347 e. The Morgan fingerprint density at radius 2 is 2.00 bits per heavy atom. The third-order valence-corrected chi connectivity index (χ3v) is 6.23. The van der Waals surface area contributed by atoms with Crippen molar-refractivity contribution < 1.29 is 4.79 Å². The lowest BCUT2D eigenvalue weighted by Crippen LogP contribution is -2.43. The molecule has 1 aliphatic heterocycles. The molecule has 0 spiro atoms. The number of likely N-dealkylation sites (tertiary alicyclic amines) is 1. The number of thiophene rings is 2. The van der Waals surface area contributed by atoms with Crippen LogP contribution in [0.2, 0.25) is 0 Å². The molecule has 1 fully saturated rings. The molecule has 0 saturated carbocycles. The Balaban J connectivity index is 1.76. The Hall–Kier alpha value is -1.17. The fourth-order valence-electron chi connectivity index (χ4n) is 3.18. The molecule has 1 saturated heterocycles. The quantitative estimate of drug-likeness (QED) is 0.894. The van der Waals surface area contributed by atoms with Crippen LogP contribution in [0.4, 0.5) is 0 Å². The molecule has 1 N–H and O–H groups in total. The molecule has 3 nitrogen and oxygen atoms in total. The number of rotatable bonds is 5. The molecule has 0 aromatic carbocycles. The second-order valence-electron chi connectivity index (χ2n) is 5.90. The first-order valence-electron chi connectivity index (χ1n) is 7.79. The molecular formula is C17H22N2OS2. The summed E-state index contributed by atoms with van der Waals surface area (Å²) in [5.74, 6) is 0.0563. The van der Waals surface area contributed by atoms with Crippen LogP contribution in [0.25, 0.3) is 0 Å². The van der Waals surface area contributed by atoms with Crippen molar-refractivity contribution >= 4 is 28.6 Å². The highest BCUT2D eigenvalue weighted by molar-refractivity contribution is 7.12. The average molecular weight is 335 g/mol. The maximum absolute atomic E-state index is 12.5. The molecule has 2 aromatic heterocycles. The zero-order valence-corrected chi connectivity index (χ0v) is 14.7. The van der Waals surface area contributed by atoms with Crippen molar-refractivity contribution in [1.29, 1.82) is 0 Å². The summed E-state index contributed by atoms with van der Waals surface area (Å²) in [6.45, 7) is 6.37. The molecule has 118 valence electrons. The van der Waals surface area contributed by atoms with Crippen LogP contribution in [0.3, 0.4) is 0 Å². The number of aryl methyl sites for hydroxylation is 1. The van der Waals surface area contributed by atoms with Crippen molar-refractivity contribution in [2.24, 2.45) is 0 Å². The van der Waals surface area contributed by atoms with Crippen molar-refractivity contribution in [3.63, 3.8) is 0 Å². The van der Waals surface area contributed by atoms with Crippen molar-refractivity contribution in [1.82, 2.24) is 10.2 Å². The summed E-state index contributed by atoms with van der Waals surface area (Å²) < 4.78 is 0. The lowest BCUT2D eigenvalue weighted by molar-refractivity contribution is 0.0911. The first kappa shape index (κ1) is 15.7. The highest BCUT2D eigenvalue weighted by atomic mass is 32.1. The van der Waals surface area contributed by atoms with Crippen LogP contribution >= 0.6 is 22.7 Å². The number of hydrogen-bond donors (Lipinski definition) is 1. The fourth-order valence-corrected chi connectivity index (χ4v) is 4.97. The molecule has 5 heteroatoms. The Labute approximate surface area is 140 Å². The van der Waals surface area contributed by atoms with Crippen LogP contribution in [-0.2, 0) is 0 Å². The second-order valence-corrected chi connectivity index (χ2v) is 7.79. The summed E-state index contributed by atoms with van der Waals surface area (Å²) in [5.41, 5.74) is 1.06. The zero-order chi connectivity index (χ0) is 15.5. The van der Waals surface area contributed by atoms with Crippen molar-refractivity contribution in [3.05, 3.63) is 44.3 Å². The van der Waals surface area contributed by atoms with Crippen LogP contribution in [0.15, 0.2) is 29.0 Å². The van der Waals surface area contributed by atoms with Gasteiger partial charge in [-0.3, -0.25) is 9.69 Å². The summed E-state index contributed by atoms with van der Waals surface area (Å²) in [4.78, 5) is 17.2. The Morgan fingerprint density at radius 1 is 1.23 bits per heavy atom. The van der Waals surface area contributed by atoms with Gasteiger partial charge in [0.25, 0.3) is 5.91 Å². The van der Waals surface area contributed by atoms with Gasteiger partial charge >= 0.3 is 0 Å². The molecule has 3 rings (SSSR count). The van der Waals surface area contributed by atoms with Crippen LogP contribution in [0, 0.1) is 6.92 Å². The zero-order valence-electron chi connectivity index (χ0n) is 13.0. The van der Waals surface area contributed by atoms with E-state index in [4.69, 9.17) is 0 Å². The minimum atomic E-state index is 0.0563. The van der Waals surface area contributed by atoms with Gasteiger partial charge in [0.15, 0.2) is 0 Å². The van der Waals surface area contributed by atoms with Gasteiger partial charge in [0.05, 0.1) is 10.9 Å². The molecule has 0 radical (unpaired) electrons. The molecule has 3 heterocycles. The lowest BCUT2D eigenvalue weighted by atomic mass is 10.1. The van der Waals surface area contributed by atoms with E-state index in [2.05, 4.69) is 34.7 Å². The van der Waals surface area contributed by atoms with Gasteiger partial charge in [-0.1, -0.05) is 6.07 Å². The summed E-state index contributed by atoms with van der Waals surface area (Å²) in [7, 11) is 0. The van der Waals surface area contributed by atoms with Crippen molar-refractivity contribution in [2.75, 3.05) is 13.1 Å². The van der Waals surface area contributed by atoms with E-state index in [1.165, 1.54) is 29.1 Å². The van der Waals surface area contributed by atoms with Crippen molar-refractivity contribution in [3.8, 4) is 0 Å². The fraction of sp³-hybridized carbons (Fsp3) is 0.471. The van der Waals surface area contributed by atoms with E-state index in [-0.39, 0.29) is 18.0 Å². The molecule has 2 aromatic rings. The predicted octanol–water partition coefficient (Wildman–Crippen LogP) is 4.07. The normalized spacial score (nSPS) is 18.3. The summed E-state index contributed by atoms with van der Waals surface area (Å²) in [5, 5.41) is 7.32. The summed E-state index contributed by atoms with van der Waals surface area (Å²) >= 11 is 3.30. The van der Waals surface area contributed by atoms with Crippen LogP contribution in [0.5, 0.6) is 0 Å². The molecule has 2 atom stereocenters. The third kappa shape index (κ3) is 3.26. The van der Waals surface area contributed by atoms with E-state index < -0.39 is 0 Å². The molecule has 0 aliphatic carbocycles. The smallest absolute Gasteiger partial charge is 0.261 e. The second kappa shape index (κ2) is 6.94. The standard InChI is InChI=1S/C17H22N2OS2/c1-12-7-11-22-16(12)17(20)18-13(2)15(14-6-5-10-21-14)19-8-3-4-9-19/h5-7,10-11,13,15H,3-4,8-9H2,1-2H3,(H,18,20)/t13-,15+/m1/s1. The summed E-state index contributed by atoms with van der Waals surface area (Å²) in [6.07, 6.45) is 2.51. The van der Waals surface area contributed by atoms with E-state index in [0.29, 0.717) is 0 Å². The maximum Gasteiger partial charge on any atom is 0.261 e. The molecule has 1 aliphatic rings. The number of nitrogens with zero attached hydrogens (tertiary/aromatic N) is 1. The molecule has 0 unspecified atom stereocenters. The van der Waals surface area contributed by atoms with Gasteiger partial charge in [-0.25, -0.2) is 0 Å². The van der Waals surface area contributed by atoms with Gasteiger partial charge in [0.1, 0.15) is 0 Å². The Kier molecular flexibility index (Phi) is 4.96. The van der Waals surface area contributed by atoms with E-state index >= 15 is 0 Å². The Bertz CT molecular complexity index is 614. The van der Waals surface area contributed by atoms with Gasteiger partial charge in [0.2, 0.25) is 0 Å². The van der Waals surface area contributed by atoms with Gasteiger partial charge in [-0.15, -0.1) is 22.7 Å². The van der Waals surface area contributed by atoms with E-state index in [0.717, 1.165) is 23.5 Å². The van der Waals surface area contributed by atoms with Gasteiger partial charge in [0, 0.05) is 10.9 Å². The topological polar surface area (TPSA) is 32.3 Å². The lowest BCUT2D eigenvalue weighted by Gasteiger charge is -2.32. The molecular weight excluding hydrogens is 312 g/mol. The third-order valence-electron chi connectivity index (χ3n) is 4.27. The SMILES string of the molecule is Cc1ccsc1C(=O)N[C@H](C)[C@@H](c1cccs1)N1CCCC1. The van der Waals surface area contributed by atoms with Crippen LogP contribution < -0.4 is 5.32 Å². The molecule has 0 bridgehead atoms. The highest BCUT2D eigenvalue weighted by Gasteiger charge is 2.30. The number of carbonyl (C=O) groups excluding carboxylic acids is 1. The van der Waals surface area contributed by atoms with E-state index in [9.17, 15) is 4.79 Å². The largest absolute Gasteiger partial charge is 0.347 e. The number of hydrogen-bond acceptors (Lipinski definition) is 4. The number of amides is 1. The first-order valence-corrected chi connectivity index (χ1v) is 9.55. The molecule has 22 heavy (non-hydrogen) atoms. The minimum absolute atomic E-state index is 0.0563. The van der Waals surface area contributed by atoms with E-state index in [1.54, 1.807) is 11.3 Å². The monoisotopic (exact) mass is 334 g/mol. The highest BCUT2D eigenvalue weighted by Crippen LogP contribution is 2.31. The molecule has 1 amide bonds. The van der Waals surface area contributed by atoms with Crippen LogP contribution in [0.1, 0.15) is 45.9 Å². The van der Waals surface area contributed by atoms with Gasteiger partial charge < -0.3 is 5.32 Å².